The van der Waals surface area contributed by atoms with Crippen LogP contribution in [0.5, 0.6) is 0 Å². The van der Waals surface area contributed by atoms with Crippen molar-refractivity contribution in [1.82, 2.24) is 19.6 Å². The van der Waals surface area contributed by atoms with Crippen LogP contribution in [0.3, 0.4) is 0 Å². The maximum atomic E-state index is 13.2. The summed E-state index contributed by atoms with van der Waals surface area (Å²) in [6, 6.07) is 15.8. The molecule has 2 aromatic carbocycles. The van der Waals surface area contributed by atoms with Crippen LogP contribution < -0.4 is 5.32 Å². The molecule has 1 N–H and O–H groups in total. The minimum atomic E-state index is -4.63. The van der Waals surface area contributed by atoms with Gasteiger partial charge in [-0.05, 0) is 29.2 Å². The highest BCUT2D eigenvalue weighted by Gasteiger charge is 2.42. The van der Waals surface area contributed by atoms with Crippen molar-refractivity contribution in [2.75, 3.05) is 5.32 Å². The summed E-state index contributed by atoms with van der Waals surface area (Å²) in [6.45, 7) is 0.540. The zero-order valence-corrected chi connectivity index (χ0v) is 18.8. The molecule has 34 heavy (non-hydrogen) atoms. The van der Waals surface area contributed by atoms with Crippen LogP contribution >= 0.6 is 11.6 Å². The van der Waals surface area contributed by atoms with Crippen molar-refractivity contribution in [3.63, 3.8) is 0 Å². The van der Waals surface area contributed by atoms with Gasteiger partial charge >= 0.3 is 6.18 Å². The molecule has 1 aliphatic rings. The van der Waals surface area contributed by atoms with E-state index in [0.717, 1.165) is 29.2 Å². The number of amides is 1. The number of nitrogens with one attached hydrogen (secondary N) is 1. The number of aryl methyl sites for hydroxylation is 1. The number of nitrogens with zero attached hydrogens (tertiary/aromatic N) is 4. The van der Waals surface area contributed by atoms with Crippen molar-refractivity contribution < 1.29 is 18.0 Å². The van der Waals surface area contributed by atoms with E-state index in [2.05, 4.69) is 21.6 Å². The third-order valence-corrected chi connectivity index (χ3v) is 6.21. The lowest BCUT2D eigenvalue weighted by Crippen LogP contribution is -2.17. The van der Waals surface area contributed by atoms with Crippen LogP contribution in [-0.4, -0.2) is 25.5 Å². The number of hydrogen-bond acceptors (Lipinski definition) is 3. The highest BCUT2D eigenvalue weighted by Crippen LogP contribution is 2.46. The largest absolute Gasteiger partial charge is 0.436 e. The SMILES string of the molecule is O=C(CCn1nc(C(F)(F)F)c(Cl)c1C1CC1)Nc1ccn(Cc2cccc3ccccc23)n1. The predicted molar refractivity (Wildman–Crippen MR) is 123 cm³/mol. The fourth-order valence-electron chi connectivity index (χ4n) is 4.09. The van der Waals surface area contributed by atoms with Crippen LogP contribution in [0.1, 0.15) is 42.1 Å². The molecule has 0 spiro atoms. The van der Waals surface area contributed by atoms with Crippen molar-refractivity contribution in [2.45, 2.75) is 44.4 Å². The van der Waals surface area contributed by atoms with Crippen molar-refractivity contribution in [2.24, 2.45) is 0 Å². The van der Waals surface area contributed by atoms with Crippen LogP contribution in [0.4, 0.5) is 19.0 Å². The second-order valence-corrected chi connectivity index (χ2v) is 8.76. The minimum absolute atomic E-state index is 0.00415. The Morgan fingerprint density at radius 1 is 1.09 bits per heavy atom. The average Bonchev–Trinajstić information content (AvgIpc) is 3.44. The first-order valence-electron chi connectivity index (χ1n) is 10.9. The van der Waals surface area contributed by atoms with E-state index in [9.17, 15) is 18.0 Å². The van der Waals surface area contributed by atoms with Gasteiger partial charge in [-0.3, -0.25) is 14.2 Å². The molecule has 0 aliphatic heterocycles. The molecule has 0 saturated heterocycles. The summed E-state index contributed by atoms with van der Waals surface area (Å²) in [7, 11) is 0. The summed E-state index contributed by atoms with van der Waals surface area (Å²) in [5.41, 5.74) is 0.368. The number of hydrogen-bond donors (Lipinski definition) is 1. The van der Waals surface area contributed by atoms with Crippen molar-refractivity contribution in [1.29, 1.82) is 0 Å². The molecule has 1 aliphatic carbocycles. The maximum absolute atomic E-state index is 13.2. The lowest BCUT2D eigenvalue weighted by atomic mass is 10.0. The summed E-state index contributed by atoms with van der Waals surface area (Å²) in [5, 5.41) is 12.7. The monoisotopic (exact) mass is 487 g/mol. The van der Waals surface area contributed by atoms with E-state index in [0.29, 0.717) is 18.1 Å². The van der Waals surface area contributed by atoms with Gasteiger partial charge in [0.15, 0.2) is 11.5 Å². The summed E-state index contributed by atoms with van der Waals surface area (Å²) in [4.78, 5) is 12.5. The van der Waals surface area contributed by atoms with Crippen molar-refractivity contribution in [3.05, 3.63) is 76.7 Å². The van der Waals surface area contributed by atoms with E-state index < -0.39 is 11.9 Å². The van der Waals surface area contributed by atoms with Crippen molar-refractivity contribution >= 4 is 34.1 Å². The first-order valence-corrected chi connectivity index (χ1v) is 11.3. The number of fused-ring (bicyclic) bond motifs is 1. The molecule has 0 atom stereocenters. The third-order valence-electron chi connectivity index (χ3n) is 5.84. The van der Waals surface area contributed by atoms with Crippen LogP contribution in [0.15, 0.2) is 54.7 Å². The molecule has 0 radical (unpaired) electrons. The smallest absolute Gasteiger partial charge is 0.309 e. The lowest BCUT2D eigenvalue weighted by molar-refractivity contribution is -0.141. The lowest BCUT2D eigenvalue weighted by Gasteiger charge is -2.08. The summed E-state index contributed by atoms with van der Waals surface area (Å²) >= 11 is 5.98. The van der Waals surface area contributed by atoms with Crippen LogP contribution in [0.2, 0.25) is 5.02 Å². The second kappa shape index (κ2) is 8.79. The molecule has 2 aromatic heterocycles. The van der Waals surface area contributed by atoms with Gasteiger partial charge in [0.05, 0.1) is 23.8 Å². The standard InChI is InChI=1S/C24H21ClF3N5O/c25-21-22(16-8-9-16)33(31-23(21)24(26,27)28)13-11-20(34)29-19-10-12-32(30-19)14-17-6-3-5-15-4-1-2-7-18(15)17/h1-7,10,12,16H,8-9,11,13-14H2,(H,29,30,34). The van der Waals surface area contributed by atoms with Gasteiger partial charge < -0.3 is 5.32 Å². The molecule has 0 bridgehead atoms. The van der Waals surface area contributed by atoms with Gasteiger partial charge in [0, 0.05) is 24.6 Å². The molecular formula is C24H21ClF3N5O. The zero-order valence-electron chi connectivity index (χ0n) is 18.0. The second-order valence-electron chi connectivity index (χ2n) is 8.38. The van der Waals surface area contributed by atoms with E-state index in [-0.39, 0.29) is 29.8 Å². The number of anilines is 1. The van der Waals surface area contributed by atoms with Gasteiger partial charge in [-0.1, -0.05) is 54.1 Å². The molecule has 1 saturated carbocycles. The topological polar surface area (TPSA) is 64.7 Å². The molecule has 1 fully saturated rings. The Labute approximate surface area is 198 Å². The Morgan fingerprint density at radius 2 is 1.85 bits per heavy atom. The first kappa shape index (κ1) is 22.5. The average molecular weight is 488 g/mol. The highest BCUT2D eigenvalue weighted by atomic mass is 35.5. The quantitative estimate of drug-likeness (QED) is 0.355. The summed E-state index contributed by atoms with van der Waals surface area (Å²) in [6.07, 6.45) is -1.38. The zero-order chi connectivity index (χ0) is 23.9. The van der Waals surface area contributed by atoms with E-state index in [1.807, 2.05) is 36.4 Å². The molecule has 4 aromatic rings. The first-order chi connectivity index (χ1) is 16.3. The maximum Gasteiger partial charge on any atom is 0.436 e. The minimum Gasteiger partial charge on any atom is -0.309 e. The Hall–Kier alpha value is -3.33. The van der Waals surface area contributed by atoms with E-state index in [4.69, 9.17) is 11.6 Å². The fraction of sp³-hybridized carbons (Fsp3) is 0.292. The van der Waals surface area contributed by atoms with Gasteiger partial charge in [0.25, 0.3) is 0 Å². The predicted octanol–water partition coefficient (Wildman–Crippen LogP) is 5.86. The summed E-state index contributed by atoms with van der Waals surface area (Å²) < 4.78 is 42.6. The Balaban J connectivity index is 1.23. The number of aromatic nitrogens is 4. The molecule has 2 heterocycles. The molecule has 0 unspecified atom stereocenters. The fourth-order valence-corrected chi connectivity index (χ4v) is 4.48. The van der Waals surface area contributed by atoms with Crippen LogP contribution in [-0.2, 0) is 24.1 Å². The van der Waals surface area contributed by atoms with Crippen LogP contribution in [0, 0.1) is 0 Å². The Morgan fingerprint density at radius 3 is 2.62 bits per heavy atom. The molecular weight excluding hydrogens is 467 g/mol. The van der Waals surface area contributed by atoms with Crippen LogP contribution in [0.25, 0.3) is 10.8 Å². The van der Waals surface area contributed by atoms with Gasteiger partial charge in [-0.25, -0.2) is 0 Å². The van der Waals surface area contributed by atoms with E-state index in [1.165, 1.54) is 4.68 Å². The number of alkyl halides is 3. The van der Waals surface area contributed by atoms with Gasteiger partial charge in [0.2, 0.25) is 5.91 Å². The number of benzene rings is 2. The number of carbonyl (C=O) groups excluding carboxylic acids is 1. The highest BCUT2D eigenvalue weighted by molar-refractivity contribution is 6.32. The van der Waals surface area contributed by atoms with Gasteiger partial charge in [0.1, 0.15) is 0 Å². The summed E-state index contributed by atoms with van der Waals surface area (Å²) in [5.74, 6) is -0.0246. The molecule has 176 valence electrons. The third kappa shape index (κ3) is 4.65. The van der Waals surface area contributed by atoms with Gasteiger partial charge in [-0.2, -0.15) is 23.4 Å². The molecule has 10 heteroatoms. The molecule has 1 amide bonds. The number of carbonyl (C=O) groups is 1. The number of rotatable bonds is 7. The van der Waals surface area contributed by atoms with E-state index >= 15 is 0 Å². The molecule has 5 rings (SSSR count). The number of halogens is 4. The molecule has 6 nitrogen and oxygen atoms in total. The van der Waals surface area contributed by atoms with E-state index in [1.54, 1.807) is 16.9 Å². The van der Waals surface area contributed by atoms with Crippen molar-refractivity contribution in [3.8, 4) is 0 Å². The van der Waals surface area contributed by atoms with Gasteiger partial charge in [-0.15, -0.1) is 0 Å². The Bertz CT molecular complexity index is 1350. The normalized spacial score (nSPS) is 14.0. The Kier molecular flexibility index (Phi) is 5.81.